The van der Waals surface area contributed by atoms with Gasteiger partial charge in [-0.1, -0.05) is 20.8 Å². The van der Waals surface area contributed by atoms with Crippen molar-refractivity contribution in [3.8, 4) is 0 Å². The molecule has 2 heterocycles. The summed E-state index contributed by atoms with van der Waals surface area (Å²) in [6.45, 7) is 12.3. The second-order valence-corrected chi connectivity index (χ2v) is 14.8. The van der Waals surface area contributed by atoms with E-state index in [1.165, 1.54) is 29.2 Å². The Hall–Kier alpha value is -2.59. The van der Waals surface area contributed by atoms with E-state index >= 15 is 0 Å². The molecular weight excluding hydrogens is 432 g/mol. The van der Waals surface area contributed by atoms with Crippen molar-refractivity contribution in [1.29, 1.82) is 0 Å². The number of β-lactam (4-membered cyclic amide) rings is 1. The number of ketones is 1. The quantitative estimate of drug-likeness (QED) is 0.152. The van der Waals surface area contributed by atoms with Crippen molar-refractivity contribution in [2.75, 3.05) is 0 Å². The summed E-state index contributed by atoms with van der Waals surface area (Å²) >= 11 is 0. The number of Topliss-reactive ketones (excluding diaryl/α,β-unsaturated/α-hetero) is 1. The Morgan fingerprint density at radius 3 is 2.38 bits per heavy atom. The smallest absolute Gasteiger partial charge is 0.337 e. The number of non-ortho nitro benzene ring substituents is 1. The van der Waals surface area contributed by atoms with E-state index in [1.54, 1.807) is 0 Å². The number of nitro groups is 1. The lowest BCUT2D eigenvalue weighted by atomic mass is 9.84. The van der Waals surface area contributed by atoms with Crippen LogP contribution in [0.3, 0.4) is 0 Å². The van der Waals surface area contributed by atoms with Crippen LogP contribution in [0.1, 0.15) is 39.7 Å². The first-order valence-electron chi connectivity index (χ1n) is 10.7. The average Bonchev–Trinajstić information content (AvgIpc) is 2.97. The van der Waals surface area contributed by atoms with Gasteiger partial charge < -0.3 is 14.1 Å². The zero-order chi connectivity index (χ0) is 24.0. The fraction of sp³-hybridized carbons (Fsp3) is 0.591. The summed E-state index contributed by atoms with van der Waals surface area (Å²) in [6, 6.07) is 4.00. The fourth-order valence-electron chi connectivity index (χ4n) is 4.03. The van der Waals surface area contributed by atoms with Crippen LogP contribution >= 0.6 is 0 Å². The number of hydrogen-bond donors (Lipinski definition) is 0. The van der Waals surface area contributed by atoms with E-state index in [9.17, 15) is 24.5 Å². The molecule has 0 aromatic heterocycles. The van der Waals surface area contributed by atoms with Gasteiger partial charge in [0.1, 0.15) is 6.61 Å². The zero-order valence-electron chi connectivity index (χ0n) is 19.3. The Morgan fingerprint density at radius 1 is 1.25 bits per heavy atom. The van der Waals surface area contributed by atoms with Crippen LogP contribution in [-0.4, -0.2) is 54.0 Å². The molecule has 32 heavy (non-hydrogen) atoms. The van der Waals surface area contributed by atoms with Crippen molar-refractivity contribution in [1.82, 2.24) is 4.90 Å². The Balaban J connectivity index is 1.62. The normalized spacial score (nSPS) is 24.1. The number of nitrogens with zero attached hydrogens (tertiary/aromatic N) is 2. The van der Waals surface area contributed by atoms with E-state index in [2.05, 4.69) is 33.9 Å². The monoisotopic (exact) mass is 462 g/mol. The Kier molecular flexibility index (Phi) is 6.31. The molecular formula is C22H30N2O7Si. The third-order valence-electron chi connectivity index (χ3n) is 6.85. The van der Waals surface area contributed by atoms with E-state index in [0.717, 1.165) is 0 Å². The lowest BCUT2D eigenvalue weighted by Crippen LogP contribution is -2.66. The highest BCUT2D eigenvalue weighted by molar-refractivity contribution is 6.74. The average molecular weight is 463 g/mol. The van der Waals surface area contributed by atoms with Gasteiger partial charge in [0.25, 0.3) is 5.69 Å². The number of hydrogen-bond acceptors (Lipinski definition) is 7. The minimum atomic E-state index is -2.09. The molecule has 0 N–H and O–H groups in total. The molecule has 2 aliphatic rings. The predicted octanol–water partition coefficient (Wildman–Crippen LogP) is 3.22. The van der Waals surface area contributed by atoms with Crippen LogP contribution in [0.2, 0.25) is 18.1 Å². The van der Waals surface area contributed by atoms with E-state index in [4.69, 9.17) is 9.16 Å². The number of benzene rings is 1. The van der Waals surface area contributed by atoms with Crippen molar-refractivity contribution in [3.05, 3.63) is 39.9 Å². The van der Waals surface area contributed by atoms with Crippen LogP contribution in [0.25, 0.3) is 0 Å². The van der Waals surface area contributed by atoms with E-state index in [-0.39, 0.29) is 47.6 Å². The maximum atomic E-state index is 12.9. The molecule has 0 unspecified atom stereocenters. The molecule has 4 atom stereocenters. The third-order valence-corrected chi connectivity index (χ3v) is 11.4. The molecule has 3 rings (SSSR count). The van der Waals surface area contributed by atoms with Gasteiger partial charge >= 0.3 is 5.97 Å². The van der Waals surface area contributed by atoms with Gasteiger partial charge in [0, 0.05) is 18.6 Å². The first kappa shape index (κ1) is 24.1. The molecule has 0 aliphatic carbocycles. The van der Waals surface area contributed by atoms with Crippen LogP contribution in [0, 0.1) is 16.0 Å². The number of nitro benzene ring substituents is 1. The molecule has 174 valence electrons. The Bertz CT molecular complexity index is 939. The van der Waals surface area contributed by atoms with Crippen molar-refractivity contribution < 1.29 is 28.5 Å². The number of fused-ring (bicyclic) bond motifs is 1. The van der Waals surface area contributed by atoms with E-state index in [1.807, 2.05) is 6.92 Å². The van der Waals surface area contributed by atoms with Gasteiger partial charge in [-0.25, -0.2) is 4.79 Å². The maximum absolute atomic E-state index is 12.9. The van der Waals surface area contributed by atoms with Gasteiger partial charge in [0.15, 0.2) is 20.1 Å². The number of carbonyl (C=O) groups excluding carboxylic acids is 3. The first-order valence-corrected chi connectivity index (χ1v) is 13.6. The number of ether oxygens (including phenoxy) is 1. The van der Waals surface area contributed by atoms with Gasteiger partial charge in [-0.3, -0.25) is 19.7 Å². The standard InChI is InChI=1S/C22H30N2O7Si/c1-13(31-32(5,6)22(2,3)4)18-16-11-17(25)19(23(16)20(18)26)21(27)30-12-14-7-9-15(10-8-14)24(28)29/h7-10,13,16,18-19H,11-12H2,1-6H3/t13-,16-,18-,19-/m1/s1. The minimum Gasteiger partial charge on any atom is -0.459 e. The second-order valence-electron chi connectivity index (χ2n) is 10.0. The summed E-state index contributed by atoms with van der Waals surface area (Å²) in [5, 5.41) is 10.7. The highest BCUT2D eigenvalue weighted by Gasteiger charge is 2.62. The van der Waals surface area contributed by atoms with E-state index < -0.39 is 31.2 Å². The van der Waals surface area contributed by atoms with Crippen molar-refractivity contribution in [2.45, 2.75) is 77.0 Å². The molecule has 2 aliphatic heterocycles. The summed E-state index contributed by atoms with van der Waals surface area (Å²) in [5.41, 5.74) is 0.482. The second kappa shape index (κ2) is 8.40. The Morgan fingerprint density at radius 2 is 1.84 bits per heavy atom. The van der Waals surface area contributed by atoms with Gasteiger partial charge in [-0.2, -0.15) is 0 Å². The molecule has 2 fully saturated rings. The van der Waals surface area contributed by atoms with Crippen LogP contribution in [0.15, 0.2) is 24.3 Å². The molecule has 0 bridgehead atoms. The molecule has 10 heteroatoms. The third kappa shape index (κ3) is 4.33. The van der Waals surface area contributed by atoms with Gasteiger partial charge in [-0.05, 0) is 42.8 Å². The Labute approximate surface area is 188 Å². The number of rotatable bonds is 7. The summed E-state index contributed by atoms with van der Waals surface area (Å²) < 4.78 is 11.6. The summed E-state index contributed by atoms with van der Waals surface area (Å²) in [7, 11) is -2.09. The van der Waals surface area contributed by atoms with Gasteiger partial charge in [-0.15, -0.1) is 0 Å². The van der Waals surface area contributed by atoms with E-state index in [0.29, 0.717) is 5.56 Å². The lowest BCUT2D eigenvalue weighted by molar-refractivity contribution is -0.384. The largest absolute Gasteiger partial charge is 0.459 e. The molecule has 0 spiro atoms. The molecule has 1 aromatic carbocycles. The van der Waals surface area contributed by atoms with Crippen molar-refractivity contribution >= 4 is 31.7 Å². The zero-order valence-corrected chi connectivity index (χ0v) is 20.3. The molecule has 0 saturated carbocycles. The van der Waals surface area contributed by atoms with Crippen LogP contribution in [0.4, 0.5) is 5.69 Å². The minimum absolute atomic E-state index is 0.0105. The molecule has 1 amide bonds. The fourth-order valence-corrected chi connectivity index (χ4v) is 5.46. The first-order chi connectivity index (χ1) is 14.7. The topological polar surface area (TPSA) is 116 Å². The molecule has 9 nitrogen and oxygen atoms in total. The highest BCUT2D eigenvalue weighted by Crippen LogP contribution is 2.44. The summed E-state index contributed by atoms with van der Waals surface area (Å²) in [5.74, 6) is -1.82. The SMILES string of the molecule is C[C@@H](O[Si](C)(C)C(C)(C)C)[C@H]1C(=O)N2[C@@H](C(=O)OCc3ccc([N+](=O)[O-])cc3)C(=O)C[C@H]12. The number of esters is 1. The van der Waals surface area contributed by atoms with Gasteiger partial charge in [0.2, 0.25) is 5.91 Å². The number of carbonyl (C=O) groups is 3. The lowest BCUT2D eigenvalue weighted by Gasteiger charge is -2.49. The molecule has 2 saturated heterocycles. The van der Waals surface area contributed by atoms with Crippen LogP contribution < -0.4 is 0 Å². The van der Waals surface area contributed by atoms with Crippen molar-refractivity contribution in [2.24, 2.45) is 5.92 Å². The van der Waals surface area contributed by atoms with Gasteiger partial charge in [0.05, 0.1) is 23.0 Å². The summed E-state index contributed by atoms with van der Waals surface area (Å²) in [4.78, 5) is 49.6. The predicted molar refractivity (Wildman–Crippen MR) is 118 cm³/mol. The van der Waals surface area contributed by atoms with Crippen molar-refractivity contribution in [3.63, 3.8) is 0 Å². The summed E-state index contributed by atoms with van der Waals surface area (Å²) in [6.07, 6.45) is -0.230. The maximum Gasteiger partial charge on any atom is 0.337 e. The molecule has 0 radical (unpaired) electrons. The number of amides is 1. The highest BCUT2D eigenvalue weighted by atomic mass is 28.4. The van der Waals surface area contributed by atoms with Crippen LogP contribution in [0.5, 0.6) is 0 Å². The van der Waals surface area contributed by atoms with Crippen LogP contribution in [-0.2, 0) is 30.2 Å². The molecule has 1 aromatic rings.